The molecule has 8 nitrogen and oxygen atoms in total. The van der Waals surface area contributed by atoms with E-state index in [1.807, 2.05) is 0 Å². The molecule has 27 heavy (non-hydrogen) atoms. The normalized spacial score (nSPS) is 13.5. The lowest BCUT2D eigenvalue weighted by molar-refractivity contribution is -0.149. The van der Waals surface area contributed by atoms with Crippen molar-refractivity contribution in [2.24, 2.45) is 11.7 Å². The van der Waals surface area contributed by atoms with Gasteiger partial charge in [0.05, 0.1) is 4.90 Å². The lowest BCUT2D eigenvalue weighted by Crippen LogP contribution is -2.45. The fourth-order valence-electron chi connectivity index (χ4n) is 1.97. The van der Waals surface area contributed by atoms with Crippen molar-refractivity contribution in [3.05, 3.63) is 40.0 Å². The summed E-state index contributed by atoms with van der Waals surface area (Å²) < 4.78 is 32.8. The van der Waals surface area contributed by atoms with Crippen LogP contribution in [0.2, 0.25) is 0 Å². The zero-order valence-electron chi connectivity index (χ0n) is 15.0. The molecule has 0 saturated carbocycles. The van der Waals surface area contributed by atoms with E-state index in [-0.39, 0.29) is 16.2 Å². The van der Waals surface area contributed by atoms with E-state index < -0.39 is 40.3 Å². The molecule has 1 rings (SSSR count). The Morgan fingerprint density at radius 1 is 1.30 bits per heavy atom. The van der Waals surface area contributed by atoms with Crippen LogP contribution in [0.1, 0.15) is 20.8 Å². The number of benzene rings is 1. The summed E-state index contributed by atoms with van der Waals surface area (Å²) in [5.41, 5.74) is 5.12. The average molecular weight is 458 g/mol. The van der Waals surface area contributed by atoms with E-state index >= 15 is 0 Å². The van der Waals surface area contributed by atoms with E-state index in [0.29, 0.717) is 4.47 Å². The number of ketones is 1. The Bertz CT molecular complexity index is 882. The molecule has 0 aromatic heterocycles. The summed E-state index contributed by atoms with van der Waals surface area (Å²) in [6.07, 6.45) is 0. The van der Waals surface area contributed by atoms with Crippen molar-refractivity contribution in [2.75, 3.05) is 6.61 Å². The van der Waals surface area contributed by atoms with Gasteiger partial charge in [0.25, 0.3) is 0 Å². The Morgan fingerprint density at radius 3 is 2.30 bits per heavy atom. The highest BCUT2D eigenvalue weighted by Crippen LogP contribution is 2.16. The van der Waals surface area contributed by atoms with Gasteiger partial charge >= 0.3 is 5.97 Å². The smallest absolute Gasteiger partial charge is 0.324 e. The van der Waals surface area contributed by atoms with Gasteiger partial charge < -0.3 is 10.5 Å². The minimum Gasteiger partial charge on any atom is -0.456 e. The number of Topliss-reactive ketones (excluding diaryl/α,β-unsaturated/α-hetero) is 1. The lowest BCUT2D eigenvalue weighted by Gasteiger charge is -2.20. The van der Waals surface area contributed by atoms with E-state index in [1.54, 1.807) is 32.0 Å². The number of carbonyl (C=O) groups excluding carboxylic acids is 2. The summed E-state index contributed by atoms with van der Waals surface area (Å²) in [6.45, 7) is 3.92. The van der Waals surface area contributed by atoms with Crippen LogP contribution < -0.4 is 10.5 Å². The van der Waals surface area contributed by atoms with Crippen molar-refractivity contribution in [3.8, 4) is 6.07 Å². The molecule has 0 aliphatic rings. The molecule has 10 heteroatoms. The van der Waals surface area contributed by atoms with Crippen LogP contribution in [0.3, 0.4) is 0 Å². The SMILES string of the molecule is C/C(N)=C(\C#N)C(=O)COC(=O)C(NS(=O)(=O)c1ccc(Br)cc1)C(C)C. The second-order valence-electron chi connectivity index (χ2n) is 6.00. The number of nitrogens with one attached hydrogen (secondary N) is 1. The number of rotatable bonds is 8. The highest BCUT2D eigenvalue weighted by atomic mass is 79.9. The van der Waals surface area contributed by atoms with Crippen molar-refractivity contribution in [2.45, 2.75) is 31.7 Å². The van der Waals surface area contributed by atoms with Gasteiger partial charge in [-0.3, -0.25) is 9.59 Å². The summed E-state index contributed by atoms with van der Waals surface area (Å²) in [7, 11) is -3.98. The number of sulfonamides is 1. The number of halogens is 1. The monoisotopic (exact) mass is 457 g/mol. The van der Waals surface area contributed by atoms with E-state index in [4.69, 9.17) is 15.7 Å². The fraction of sp³-hybridized carbons (Fsp3) is 0.353. The zero-order chi connectivity index (χ0) is 20.8. The Morgan fingerprint density at radius 2 is 1.85 bits per heavy atom. The van der Waals surface area contributed by atoms with Gasteiger partial charge in [-0.15, -0.1) is 0 Å². The number of nitrogens with zero attached hydrogens (tertiary/aromatic N) is 1. The number of carbonyl (C=O) groups is 2. The molecule has 0 amide bonds. The first-order valence-corrected chi connectivity index (χ1v) is 10.1. The molecule has 0 heterocycles. The summed E-state index contributed by atoms with van der Waals surface area (Å²) >= 11 is 3.21. The largest absolute Gasteiger partial charge is 0.456 e. The fourth-order valence-corrected chi connectivity index (χ4v) is 3.57. The number of ether oxygens (including phenoxy) is 1. The highest BCUT2D eigenvalue weighted by Gasteiger charge is 2.30. The summed E-state index contributed by atoms with van der Waals surface area (Å²) in [4.78, 5) is 24.1. The van der Waals surface area contributed by atoms with Gasteiger partial charge in [0.2, 0.25) is 15.8 Å². The van der Waals surface area contributed by atoms with Crippen LogP contribution in [-0.2, 0) is 24.3 Å². The molecule has 0 fully saturated rings. The van der Waals surface area contributed by atoms with Crippen molar-refractivity contribution < 1.29 is 22.7 Å². The van der Waals surface area contributed by atoms with Crippen molar-refractivity contribution in [1.29, 1.82) is 5.26 Å². The molecule has 1 aromatic rings. The number of nitrogens with two attached hydrogens (primary N) is 1. The molecule has 146 valence electrons. The molecule has 0 spiro atoms. The molecular formula is C17H20BrN3O5S. The average Bonchev–Trinajstić information content (AvgIpc) is 2.58. The topological polar surface area (TPSA) is 139 Å². The first-order valence-electron chi connectivity index (χ1n) is 7.83. The van der Waals surface area contributed by atoms with Crippen LogP contribution in [-0.4, -0.2) is 32.8 Å². The van der Waals surface area contributed by atoms with Gasteiger partial charge in [-0.05, 0) is 37.1 Å². The van der Waals surface area contributed by atoms with Crippen molar-refractivity contribution in [3.63, 3.8) is 0 Å². The second kappa shape index (κ2) is 9.64. The Balaban J connectivity index is 2.91. The second-order valence-corrected chi connectivity index (χ2v) is 8.63. The van der Waals surface area contributed by atoms with Gasteiger partial charge in [0, 0.05) is 10.2 Å². The standard InChI is InChI=1S/C17H20BrN3O5S/c1-10(2)16(17(23)26-9-15(22)14(8-19)11(3)20)21-27(24,25)13-6-4-12(18)5-7-13/h4-7,10,16,21H,9,20H2,1-3H3/b14-11-. The third-order valence-corrected chi connectivity index (χ3v) is 5.44. The summed E-state index contributed by atoms with van der Waals surface area (Å²) in [5, 5.41) is 8.88. The number of hydrogen-bond donors (Lipinski definition) is 2. The molecule has 1 unspecified atom stereocenters. The maximum atomic E-state index is 12.5. The van der Waals surface area contributed by atoms with Crippen LogP contribution in [0.4, 0.5) is 0 Å². The Kier molecular flexibility index (Phi) is 8.15. The molecule has 3 N–H and O–H groups in total. The Labute approximate surface area is 166 Å². The van der Waals surface area contributed by atoms with E-state index in [9.17, 15) is 18.0 Å². The van der Waals surface area contributed by atoms with Gasteiger partial charge in [0.15, 0.2) is 6.61 Å². The predicted octanol–water partition coefficient (Wildman–Crippen LogP) is 1.62. The van der Waals surface area contributed by atoms with E-state index in [0.717, 1.165) is 0 Å². The van der Waals surface area contributed by atoms with Crippen LogP contribution in [0.25, 0.3) is 0 Å². The molecule has 0 radical (unpaired) electrons. The van der Waals surface area contributed by atoms with Gasteiger partial charge in [0.1, 0.15) is 17.7 Å². The van der Waals surface area contributed by atoms with Gasteiger partial charge in [-0.2, -0.15) is 9.98 Å². The maximum Gasteiger partial charge on any atom is 0.324 e. The van der Waals surface area contributed by atoms with Gasteiger partial charge in [-0.25, -0.2) is 8.42 Å². The highest BCUT2D eigenvalue weighted by molar-refractivity contribution is 9.10. The third-order valence-electron chi connectivity index (χ3n) is 3.46. The molecule has 0 saturated heterocycles. The maximum absolute atomic E-state index is 12.5. The molecule has 0 bridgehead atoms. The number of allylic oxidation sites excluding steroid dienone is 1. The first-order chi connectivity index (χ1) is 12.5. The number of esters is 1. The molecular weight excluding hydrogens is 438 g/mol. The minimum atomic E-state index is -3.98. The zero-order valence-corrected chi connectivity index (χ0v) is 17.4. The van der Waals surface area contributed by atoms with Crippen LogP contribution in [0, 0.1) is 17.2 Å². The first kappa shape index (κ1) is 22.8. The van der Waals surface area contributed by atoms with Crippen molar-refractivity contribution >= 4 is 37.7 Å². The molecule has 1 atom stereocenters. The Hall–Kier alpha value is -2.22. The summed E-state index contributed by atoms with van der Waals surface area (Å²) in [5.74, 6) is -2.13. The molecule has 0 aliphatic heterocycles. The van der Waals surface area contributed by atoms with Crippen LogP contribution in [0.15, 0.2) is 44.9 Å². The van der Waals surface area contributed by atoms with Crippen molar-refractivity contribution in [1.82, 2.24) is 4.72 Å². The third kappa shape index (κ3) is 6.46. The van der Waals surface area contributed by atoms with Crippen LogP contribution >= 0.6 is 15.9 Å². The van der Waals surface area contributed by atoms with E-state index in [1.165, 1.54) is 19.1 Å². The minimum absolute atomic E-state index is 0.00917. The van der Waals surface area contributed by atoms with E-state index in [2.05, 4.69) is 20.7 Å². The van der Waals surface area contributed by atoms with Crippen LogP contribution in [0.5, 0.6) is 0 Å². The predicted molar refractivity (Wildman–Crippen MR) is 102 cm³/mol. The molecule has 1 aromatic carbocycles. The number of nitriles is 1. The lowest BCUT2D eigenvalue weighted by atomic mass is 10.1. The molecule has 0 aliphatic carbocycles. The number of hydrogen-bond acceptors (Lipinski definition) is 7. The quantitative estimate of drug-likeness (QED) is 0.343. The van der Waals surface area contributed by atoms with Gasteiger partial charge in [-0.1, -0.05) is 29.8 Å². The summed E-state index contributed by atoms with van der Waals surface area (Å²) in [6, 6.07) is 6.31.